The van der Waals surface area contributed by atoms with Gasteiger partial charge in [-0.1, -0.05) is 6.42 Å². The molecule has 5 heteroatoms. The van der Waals surface area contributed by atoms with Crippen LogP contribution in [0.4, 0.5) is 0 Å². The Bertz CT molecular complexity index is 473. The van der Waals surface area contributed by atoms with E-state index in [0.29, 0.717) is 18.9 Å². The zero-order chi connectivity index (χ0) is 13.6. The van der Waals surface area contributed by atoms with Gasteiger partial charge >= 0.3 is 0 Å². The van der Waals surface area contributed by atoms with Crippen molar-refractivity contribution in [2.75, 3.05) is 18.1 Å². The van der Waals surface area contributed by atoms with Gasteiger partial charge in [-0.25, -0.2) is 8.42 Å². The summed E-state index contributed by atoms with van der Waals surface area (Å²) in [5.74, 6) is 2.17. The lowest BCUT2D eigenvalue weighted by atomic mass is 9.87. The van der Waals surface area contributed by atoms with Gasteiger partial charge < -0.3 is 4.90 Å². The third-order valence-corrected chi connectivity index (χ3v) is 7.08. The first-order chi connectivity index (χ1) is 9.00. The van der Waals surface area contributed by atoms with Crippen molar-refractivity contribution in [2.24, 2.45) is 17.8 Å². The smallest absolute Gasteiger partial charge is 0.226 e. The van der Waals surface area contributed by atoms with Gasteiger partial charge in [0.25, 0.3) is 0 Å². The molecule has 2 bridgehead atoms. The lowest BCUT2D eigenvalue weighted by molar-refractivity contribution is -0.138. The molecule has 4 unspecified atom stereocenters. The lowest BCUT2D eigenvalue weighted by Crippen LogP contribution is -2.45. The molecule has 3 fully saturated rings. The highest BCUT2D eigenvalue weighted by atomic mass is 32.2. The van der Waals surface area contributed by atoms with Crippen LogP contribution in [0, 0.1) is 17.8 Å². The fourth-order valence-corrected chi connectivity index (χ4v) is 6.11. The molecular weight excluding hydrogens is 262 g/mol. The average molecular weight is 285 g/mol. The minimum absolute atomic E-state index is 0.0679. The summed E-state index contributed by atoms with van der Waals surface area (Å²) < 4.78 is 23.2. The minimum atomic E-state index is -2.91. The second-order valence-corrected chi connectivity index (χ2v) is 8.69. The van der Waals surface area contributed by atoms with Crippen molar-refractivity contribution in [1.29, 1.82) is 0 Å². The SMILES string of the molecule is CCN(C(=O)C1CC2CCC1C2)C1CCS(=O)(=O)C1. The minimum Gasteiger partial charge on any atom is -0.339 e. The third kappa shape index (κ3) is 2.41. The van der Waals surface area contributed by atoms with Crippen molar-refractivity contribution >= 4 is 15.7 Å². The van der Waals surface area contributed by atoms with E-state index in [1.165, 1.54) is 19.3 Å². The molecule has 0 aromatic heterocycles. The van der Waals surface area contributed by atoms with Crippen molar-refractivity contribution in [1.82, 2.24) is 4.90 Å². The summed E-state index contributed by atoms with van der Waals surface area (Å²) in [6.07, 6.45) is 5.37. The van der Waals surface area contributed by atoms with Gasteiger partial charge in [0.1, 0.15) is 0 Å². The maximum atomic E-state index is 12.7. The molecule has 1 aliphatic heterocycles. The van der Waals surface area contributed by atoms with Crippen LogP contribution in [0.2, 0.25) is 0 Å². The topological polar surface area (TPSA) is 54.5 Å². The highest BCUT2D eigenvalue weighted by molar-refractivity contribution is 7.91. The molecule has 1 saturated heterocycles. The van der Waals surface area contributed by atoms with E-state index < -0.39 is 9.84 Å². The molecule has 2 aliphatic carbocycles. The van der Waals surface area contributed by atoms with E-state index in [-0.39, 0.29) is 29.4 Å². The van der Waals surface area contributed by atoms with Crippen LogP contribution < -0.4 is 0 Å². The monoisotopic (exact) mass is 285 g/mol. The van der Waals surface area contributed by atoms with E-state index >= 15 is 0 Å². The largest absolute Gasteiger partial charge is 0.339 e. The predicted octanol–water partition coefficient (Wildman–Crippen LogP) is 1.46. The van der Waals surface area contributed by atoms with Crippen LogP contribution in [-0.4, -0.2) is 43.3 Å². The number of amides is 1. The maximum Gasteiger partial charge on any atom is 0.226 e. The van der Waals surface area contributed by atoms with Crippen molar-refractivity contribution in [3.8, 4) is 0 Å². The van der Waals surface area contributed by atoms with E-state index in [9.17, 15) is 13.2 Å². The number of nitrogens with zero attached hydrogens (tertiary/aromatic N) is 1. The third-order valence-electron chi connectivity index (χ3n) is 5.33. The highest BCUT2D eigenvalue weighted by Gasteiger charge is 2.46. The molecular formula is C14H23NO3S. The average Bonchev–Trinajstić information content (AvgIpc) is 3.05. The van der Waals surface area contributed by atoms with Crippen molar-refractivity contribution in [3.63, 3.8) is 0 Å². The van der Waals surface area contributed by atoms with Crippen molar-refractivity contribution in [2.45, 2.75) is 45.1 Å². The molecule has 4 nitrogen and oxygen atoms in total. The summed E-state index contributed by atoms with van der Waals surface area (Å²) in [4.78, 5) is 14.6. The van der Waals surface area contributed by atoms with E-state index in [4.69, 9.17) is 0 Å². The molecule has 3 aliphatic rings. The van der Waals surface area contributed by atoms with Gasteiger partial charge in [0, 0.05) is 18.5 Å². The number of hydrogen-bond acceptors (Lipinski definition) is 3. The van der Waals surface area contributed by atoms with Crippen LogP contribution in [0.5, 0.6) is 0 Å². The second-order valence-electron chi connectivity index (χ2n) is 6.46. The number of fused-ring (bicyclic) bond motifs is 2. The van der Waals surface area contributed by atoms with Crippen LogP contribution >= 0.6 is 0 Å². The zero-order valence-electron chi connectivity index (χ0n) is 11.5. The second kappa shape index (κ2) is 4.76. The summed E-state index contributed by atoms with van der Waals surface area (Å²) in [5.41, 5.74) is 0. The molecule has 0 radical (unpaired) electrons. The molecule has 0 aromatic rings. The van der Waals surface area contributed by atoms with Gasteiger partial charge in [0.2, 0.25) is 5.91 Å². The Kier molecular flexibility index (Phi) is 3.36. The standard InChI is InChI=1S/C14H23NO3S/c1-2-15(12-5-6-19(17,18)9-12)14(16)13-8-10-3-4-11(13)7-10/h10-13H,2-9H2,1H3. The van der Waals surface area contributed by atoms with Crippen molar-refractivity contribution < 1.29 is 13.2 Å². The van der Waals surface area contributed by atoms with Gasteiger partial charge in [-0.3, -0.25) is 4.79 Å². The Morgan fingerprint density at radius 1 is 1.21 bits per heavy atom. The predicted molar refractivity (Wildman–Crippen MR) is 73.4 cm³/mol. The molecule has 108 valence electrons. The van der Waals surface area contributed by atoms with E-state index in [1.807, 2.05) is 11.8 Å². The number of carbonyl (C=O) groups is 1. The van der Waals surface area contributed by atoms with Gasteiger partial charge in [-0.05, 0) is 44.4 Å². The quantitative estimate of drug-likeness (QED) is 0.789. The fourth-order valence-electron chi connectivity index (χ4n) is 4.38. The Morgan fingerprint density at radius 2 is 2.00 bits per heavy atom. The van der Waals surface area contributed by atoms with Gasteiger partial charge in [-0.2, -0.15) is 0 Å². The highest BCUT2D eigenvalue weighted by Crippen LogP contribution is 2.49. The Hall–Kier alpha value is -0.580. The number of rotatable bonds is 3. The normalized spacial score (nSPS) is 39.6. The number of sulfone groups is 1. The van der Waals surface area contributed by atoms with E-state index in [1.54, 1.807) is 0 Å². The summed E-state index contributed by atoms with van der Waals surface area (Å²) >= 11 is 0. The molecule has 3 rings (SSSR count). The van der Waals surface area contributed by atoms with Crippen LogP contribution in [-0.2, 0) is 14.6 Å². The first-order valence-corrected chi connectivity index (χ1v) is 9.33. The molecule has 0 aromatic carbocycles. The van der Waals surface area contributed by atoms with Gasteiger partial charge in [0.05, 0.1) is 11.5 Å². The molecule has 1 amide bonds. The number of carbonyl (C=O) groups excluding carboxylic acids is 1. The number of hydrogen-bond donors (Lipinski definition) is 0. The van der Waals surface area contributed by atoms with Crippen molar-refractivity contribution in [3.05, 3.63) is 0 Å². The molecule has 19 heavy (non-hydrogen) atoms. The van der Waals surface area contributed by atoms with Crippen LogP contribution in [0.1, 0.15) is 39.0 Å². The molecule has 4 atom stereocenters. The zero-order valence-corrected chi connectivity index (χ0v) is 12.4. The summed E-state index contributed by atoms with van der Waals surface area (Å²) in [6.45, 7) is 2.61. The van der Waals surface area contributed by atoms with Gasteiger partial charge in [0.15, 0.2) is 9.84 Å². The van der Waals surface area contributed by atoms with Gasteiger partial charge in [-0.15, -0.1) is 0 Å². The summed E-state index contributed by atoms with van der Waals surface area (Å²) in [5, 5.41) is 0. The Labute approximate surface area is 115 Å². The van der Waals surface area contributed by atoms with Crippen LogP contribution in [0.15, 0.2) is 0 Å². The first-order valence-electron chi connectivity index (χ1n) is 7.51. The summed E-state index contributed by atoms with van der Waals surface area (Å²) in [6, 6.07) is -0.0679. The Balaban J connectivity index is 1.70. The van der Waals surface area contributed by atoms with Crippen LogP contribution in [0.3, 0.4) is 0 Å². The molecule has 0 spiro atoms. The van der Waals surface area contributed by atoms with Crippen LogP contribution in [0.25, 0.3) is 0 Å². The molecule has 1 heterocycles. The first kappa shape index (κ1) is 13.4. The molecule has 2 saturated carbocycles. The lowest BCUT2D eigenvalue weighted by Gasteiger charge is -2.32. The Morgan fingerprint density at radius 3 is 2.47 bits per heavy atom. The maximum absolute atomic E-state index is 12.7. The van der Waals surface area contributed by atoms with E-state index in [2.05, 4.69) is 0 Å². The summed E-state index contributed by atoms with van der Waals surface area (Å²) in [7, 11) is -2.91. The van der Waals surface area contributed by atoms with E-state index in [0.717, 1.165) is 12.3 Å². The fraction of sp³-hybridized carbons (Fsp3) is 0.929. The molecule has 0 N–H and O–H groups in total.